The molecule has 140 valence electrons. The molecule has 1 atom stereocenters. The molecule has 1 amide bonds. The lowest BCUT2D eigenvalue weighted by Gasteiger charge is -2.48. The highest BCUT2D eigenvalue weighted by molar-refractivity contribution is 7.89. The molecule has 0 aliphatic carbocycles. The van der Waals surface area contributed by atoms with Crippen molar-refractivity contribution < 1.29 is 13.2 Å². The molecule has 2 saturated heterocycles. The van der Waals surface area contributed by atoms with E-state index in [9.17, 15) is 13.2 Å². The van der Waals surface area contributed by atoms with Gasteiger partial charge in [-0.3, -0.25) is 14.4 Å². The van der Waals surface area contributed by atoms with Gasteiger partial charge in [0.1, 0.15) is 0 Å². The van der Waals surface area contributed by atoms with Crippen LogP contribution in [0.5, 0.6) is 0 Å². The van der Waals surface area contributed by atoms with Gasteiger partial charge in [-0.15, -0.1) is 0 Å². The number of likely N-dealkylation sites (N-methyl/N-ethyl adjacent to an activating group) is 1. The molecule has 0 saturated carbocycles. The van der Waals surface area contributed by atoms with Crippen molar-refractivity contribution in [2.75, 3.05) is 33.2 Å². The van der Waals surface area contributed by atoms with Crippen LogP contribution in [0.4, 0.5) is 0 Å². The van der Waals surface area contributed by atoms with Gasteiger partial charge in [0.2, 0.25) is 5.91 Å². The van der Waals surface area contributed by atoms with Crippen LogP contribution >= 0.6 is 0 Å². The van der Waals surface area contributed by atoms with Crippen molar-refractivity contribution in [2.45, 2.75) is 49.7 Å². The predicted molar refractivity (Wildman–Crippen MR) is 93.5 cm³/mol. The molecule has 0 aromatic carbocycles. The highest BCUT2D eigenvalue weighted by atomic mass is 32.2. The Morgan fingerprint density at radius 2 is 2.12 bits per heavy atom. The van der Waals surface area contributed by atoms with Crippen LogP contribution in [-0.2, 0) is 21.4 Å². The molecular formula is C16H27N5O3S. The van der Waals surface area contributed by atoms with E-state index in [1.54, 1.807) is 21.3 Å². The fourth-order valence-electron chi connectivity index (χ4n) is 3.82. The Balaban J connectivity index is 1.87. The molecule has 2 aliphatic heterocycles. The average Bonchev–Trinajstić information content (AvgIpc) is 2.96. The molecule has 3 heterocycles. The Morgan fingerprint density at radius 1 is 1.32 bits per heavy atom. The first kappa shape index (κ1) is 18.3. The second kappa shape index (κ2) is 7.05. The molecular weight excluding hydrogens is 342 g/mol. The standard InChI is InChI=1S/C16H27N5O3S/c1-3-10-21-15(5-8-18-21)25(23,24)20-12-11-19(2)16(13-20)6-4-14(22)17-9-7-16/h5,8H,3-4,6-7,9-13H2,1-2H3,(H,17,22). The van der Waals surface area contributed by atoms with Crippen LogP contribution < -0.4 is 5.32 Å². The smallest absolute Gasteiger partial charge is 0.260 e. The van der Waals surface area contributed by atoms with Gasteiger partial charge < -0.3 is 5.32 Å². The largest absolute Gasteiger partial charge is 0.356 e. The number of nitrogens with one attached hydrogen (secondary N) is 1. The van der Waals surface area contributed by atoms with Crippen LogP contribution in [0.25, 0.3) is 0 Å². The summed E-state index contributed by atoms with van der Waals surface area (Å²) in [5.74, 6) is 0.0475. The first-order valence-electron chi connectivity index (χ1n) is 8.89. The number of aryl methyl sites for hydroxylation is 1. The van der Waals surface area contributed by atoms with Crippen LogP contribution in [0.15, 0.2) is 17.3 Å². The molecule has 25 heavy (non-hydrogen) atoms. The maximum atomic E-state index is 13.2. The zero-order valence-electron chi connectivity index (χ0n) is 14.9. The highest BCUT2D eigenvalue weighted by Gasteiger charge is 2.44. The van der Waals surface area contributed by atoms with E-state index >= 15 is 0 Å². The van der Waals surface area contributed by atoms with Gasteiger partial charge in [-0.05, 0) is 32.4 Å². The van der Waals surface area contributed by atoms with Gasteiger partial charge >= 0.3 is 0 Å². The number of amides is 1. The normalized spacial score (nSPS) is 26.6. The van der Waals surface area contributed by atoms with E-state index in [4.69, 9.17) is 0 Å². The fourth-order valence-corrected chi connectivity index (χ4v) is 5.45. The molecule has 0 bridgehead atoms. The molecule has 2 aliphatic rings. The van der Waals surface area contributed by atoms with Crippen LogP contribution in [0.1, 0.15) is 32.6 Å². The van der Waals surface area contributed by atoms with Crippen LogP contribution in [0.3, 0.4) is 0 Å². The minimum atomic E-state index is -3.59. The molecule has 1 unspecified atom stereocenters. The molecule has 9 heteroatoms. The van der Waals surface area contributed by atoms with Crippen LogP contribution in [-0.4, -0.2) is 72.1 Å². The van der Waals surface area contributed by atoms with E-state index in [0.717, 1.165) is 12.8 Å². The zero-order valence-corrected chi connectivity index (χ0v) is 15.8. The topological polar surface area (TPSA) is 87.5 Å². The van der Waals surface area contributed by atoms with Crippen molar-refractivity contribution >= 4 is 15.9 Å². The first-order valence-corrected chi connectivity index (χ1v) is 10.3. The van der Waals surface area contributed by atoms with Crippen molar-refractivity contribution in [3.63, 3.8) is 0 Å². The van der Waals surface area contributed by atoms with Crippen molar-refractivity contribution in [2.24, 2.45) is 0 Å². The fraction of sp³-hybridized carbons (Fsp3) is 0.750. The third-order valence-corrected chi connectivity index (χ3v) is 7.28. The summed E-state index contributed by atoms with van der Waals surface area (Å²) in [6.45, 7) is 4.70. The van der Waals surface area contributed by atoms with E-state index in [1.807, 2.05) is 14.0 Å². The van der Waals surface area contributed by atoms with E-state index in [-0.39, 0.29) is 16.5 Å². The van der Waals surface area contributed by atoms with Gasteiger partial charge in [0.25, 0.3) is 10.0 Å². The average molecular weight is 369 g/mol. The predicted octanol–water partition coefficient (Wildman–Crippen LogP) is 0.268. The number of piperazine rings is 1. The maximum Gasteiger partial charge on any atom is 0.260 e. The second-order valence-corrected chi connectivity index (χ2v) is 8.86. The zero-order chi connectivity index (χ0) is 18.1. The van der Waals surface area contributed by atoms with E-state index in [1.165, 1.54) is 0 Å². The minimum absolute atomic E-state index is 0.0475. The summed E-state index contributed by atoms with van der Waals surface area (Å²) in [5, 5.41) is 7.31. The van der Waals surface area contributed by atoms with E-state index < -0.39 is 10.0 Å². The Bertz CT molecular complexity index is 732. The van der Waals surface area contributed by atoms with Crippen molar-refractivity contribution in [1.29, 1.82) is 0 Å². The number of rotatable bonds is 4. The third-order valence-electron chi connectivity index (χ3n) is 5.41. The van der Waals surface area contributed by atoms with Crippen LogP contribution in [0.2, 0.25) is 0 Å². The molecule has 1 aromatic rings. The van der Waals surface area contributed by atoms with Gasteiger partial charge in [-0.2, -0.15) is 9.40 Å². The summed E-state index contributed by atoms with van der Waals surface area (Å²) >= 11 is 0. The summed E-state index contributed by atoms with van der Waals surface area (Å²) in [6, 6.07) is 1.58. The Hall–Kier alpha value is -1.45. The lowest BCUT2D eigenvalue weighted by molar-refractivity contribution is -0.121. The third kappa shape index (κ3) is 3.45. The SMILES string of the molecule is CCCn1nccc1S(=O)(=O)N1CCN(C)C2(CCNC(=O)CC2)C1. The molecule has 1 spiro atoms. The summed E-state index contributed by atoms with van der Waals surface area (Å²) in [6.07, 6.45) is 4.24. The van der Waals surface area contributed by atoms with E-state index in [0.29, 0.717) is 45.6 Å². The van der Waals surface area contributed by atoms with E-state index in [2.05, 4.69) is 15.3 Å². The van der Waals surface area contributed by atoms with Crippen LogP contribution in [0, 0.1) is 0 Å². The summed E-state index contributed by atoms with van der Waals surface area (Å²) < 4.78 is 29.5. The highest BCUT2D eigenvalue weighted by Crippen LogP contribution is 2.32. The van der Waals surface area contributed by atoms with Gasteiger partial charge in [0.05, 0.1) is 6.20 Å². The molecule has 1 N–H and O–H groups in total. The quantitative estimate of drug-likeness (QED) is 0.823. The Kier molecular flexibility index (Phi) is 5.17. The van der Waals surface area contributed by atoms with Gasteiger partial charge in [-0.1, -0.05) is 6.92 Å². The molecule has 1 aromatic heterocycles. The summed E-state index contributed by atoms with van der Waals surface area (Å²) in [4.78, 5) is 13.9. The monoisotopic (exact) mass is 369 g/mol. The lowest BCUT2D eigenvalue weighted by Crippen LogP contribution is -2.62. The summed E-state index contributed by atoms with van der Waals surface area (Å²) in [7, 11) is -1.57. The molecule has 2 fully saturated rings. The molecule has 3 rings (SSSR count). The number of sulfonamides is 1. The van der Waals surface area contributed by atoms with Gasteiger partial charge in [0.15, 0.2) is 5.03 Å². The van der Waals surface area contributed by atoms with Crippen molar-refractivity contribution in [3.05, 3.63) is 12.3 Å². The van der Waals surface area contributed by atoms with Gasteiger partial charge in [0, 0.05) is 44.7 Å². The number of aromatic nitrogens is 2. The minimum Gasteiger partial charge on any atom is -0.356 e. The summed E-state index contributed by atoms with van der Waals surface area (Å²) in [5.41, 5.74) is -0.292. The number of hydrogen-bond acceptors (Lipinski definition) is 5. The Labute approximate surface area is 149 Å². The molecule has 0 radical (unpaired) electrons. The van der Waals surface area contributed by atoms with Crippen molar-refractivity contribution in [3.8, 4) is 0 Å². The second-order valence-electron chi connectivity index (χ2n) is 6.98. The first-order chi connectivity index (χ1) is 11.9. The number of hydrogen-bond donors (Lipinski definition) is 1. The Morgan fingerprint density at radius 3 is 2.88 bits per heavy atom. The van der Waals surface area contributed by atoms with Crippen molar-refractivity contribution in [1.82, 2.24) is 24.3 Å². The van der Waals surface area contributed by atoms with Gasteiger partial charge in [-0.25, -0.2) is 8.42 Å². The number of carbonyl (C=O) groups excluding carboxylic acids is 1. The maximum absolute atomic E-state index is 13.2. The number of carbonyl (C=O) groups is 1. The number of nitrogens with zero attached hydrogens (tertiary/aromatic N) is 4. The molecule has 8 nitrogen and oxygen atoms in total. The lowest BCUT2D eigenvalue weighted by atomic mass is 9.87.